The minimum atomic E-state index is -0.278. The average Bonchev–Trinajstić information content (AvgIpc) is 3.02. The van der Waals surface area contributed by atoms with Gasteiger partial charge >= 0.3 is 0 Å². The number of nitrogens with zero attached hydrogens (tertiary/aromatic N) is 2. The maximum atomic E-state index is 12.5. The van der Waals surface area contributed by atoms with Crippen LogP contribution in [0.25, 0.3) is 11.5 Å². The van der Waals surface area contributed by atoms with Crippen molar-refractivity contribution < 1.29 is 9.21 Å². The van der Waals surface area contributed by atoms with E-state index in [4.69, 9.17) is 16.0 Å². The summed E-state index contributed by atoms with van der Waals surface area (Å²) in [6.45, 7) is 0. The number of para-hydroxylation sites is 1. The maximum Gasteiger partial charge on any atom is 0.277 e. The summed E-state index contributed by atoms with van der Waals surface area (Å²) in [5.41, 5.74) is 2.77. The van der Waals surface area contributed by atoms with E-state index in [9.17, 15) is 4.79 Å². The molecule has 1 aliphatic rings. The number of carbonyl (C=O) groups is 1. The molecular weight excluding hydrogens is 358 g/mol. The van der Waals surface area contributed by atoms with Crippen LogP contribution in [-0.4, -0.2) is 21.4 Å². The summed E-state index contributed by atoms with van der Waals surface area (Å²) in [7, 11) is 0. The SMILES string of the molecule is O=C1Nc2ccccc2CC[C@H]1Sc1nnc(-c2cccc(Cl)c2)o1. The molecule has 1 aromatic heterocycles. The van der Waals surface area contributed by atoms with E-state index in [1.807, 2.05) is 36.4 Å². The van der Waals surface area contributed by atoms with Crippen LogP contribution in [-0.2, 0) is 11.2 Å². The van der Waals surface area contributed by atoms with Gasteiger partial charge in [0.15, 0.2) is 0 Å². The number of carbonyl (C=O) groups excluding carboxylic acids is 1. The van der Waals surface area contributed by atoms with Crippen molar-refractivity contribution in [1.82, 2.24) is 10.2 Å². The highest BCUT2D eigenvalue weighted by Crippen LogP contribution is 2.32. The lowest BCUT2D eigenvalue weighted by Crippen LogP contribution is -2.23. The van der Waals surface area contributed by atoms with E-state index in [1.165, 1.54) is 11.8 Å². The van der Waals surface area contributed by atoms with E-state index in [0.717, 1.165) is 23.2 Å². The quantitative estimate of drug-likeness (QED) is 0.737. The molecule has 2 aromatic carbocycles. The second kappa shape index (κ2) is 6.90. The second-order valence-electron chi connectivity index (χ2n) is 5.68. The third-order valence-corrected chi connectivity index (χ3v) is 5.30. The topological polar surface area (TPSA) is 68.0 Å². The Labute approximate surface area is 153 Å². The first kappa shape index (κ1) is 16.2. The number of fused-ring (bicyclic) bond motifs is 1. The summed E-state index contributed by atoms with van der Waals surface area (Å²) >= 11 is 7.28. The van der Waals surface area contributed by atoms with Crippen LogP contribution in [0, 0.1) is 0 Å². The number of amides is 1. The molecule has 1 N–H and O–H groups in total. The molecule has 1 aliphatic heterocycles. The molecule has 5 nitrogen and oxygen atoms in total. The van der Waals surface area contributed by atoms with Gasteiger partial charge in [-0.1, -0.05) is 47.6 Å². The predicted octanol–water partition coefficient (Wildman–Crippen LogP) is 4.44. The molecule has 0 unspecified atom stereocenters. The van der Waals surface area contributed by atoms with Gasteiger partial charge < -0.3 is 9.73 Å². The number of hydrogen-bond donors (Lipinski definition) is 1. The lowest BCUT2D eigenvalue weighted by atomic mass is 10.1. The Morgan fingerprint density at radius 1 is 1.16 bits per heavy atom. The first-order chi connectivity index (χ1) is 12.2. The fraction of sp³-hybridized carbons (Fsp3) is 0.167. The van der Waals surface area contributed by atoms with E-state index < -0.39 is 0 Å². The van der Waals surface area contributed by atoms with Gasteiger partial charge in [-0.2, -0.15) is 0 Å². The predicted molar refractivity (Wildman–Crippen MR) is 97.8 cm³/mol. The van der Waals surface area contributed by atoms with Gasteiger partial charge in [-0.25, -0.2) is 0 Å². The number of thioether (sulfide) groups is 1. The molecule has 7 heteroatoms. The van der Waals surface area contributed by atoms with Crippen molar-refractivity contribution in [3.05, 3.63) is 59.1 Å². The maximum absolute atomic E-state index is 12.5. The van der Waals surface area contributed by atoms with Crippen molar-refractivity contribution in [2.45, 2.75) is 23.3 Å². The number of aromatic nitrogens is 2. The van der Waals surface area contributed by atoms with Gasteiger partial charge in [0, 0.05) is 16.3 Å². The van der Waals surface area contributed by atoms with Crippen molar-refractivity contribution in [3.63, 3.8) is 0 Å². The molecule has 0 aliphatic carbocycles. The monoisotopic (exact) mass is 371 g/mol. The lowest BCUT2D eigenvalue weighted by molar-refractivity contribution is -0.115. The minimum absolute atomic E-state index is 0.0440. The summed E-state index contributed by atoms with van der Waals surface area (Å²) in [5.74, 6) is 0.347. The fourth-order valence-corrected chi connectivity index (χ4v) is 3.77. The molecular formula is C18H14ClN3O2S. The number of halogens is 1. The molecule has 0 radical (unpaired) electrons. The first-order valence-electron chi connectivity index (χ1n) is 7.84. The number of anilines is 1. The van der Waals surface area contributed by atoms with Crippen LogP contribution in [0.5, 0.6) is 0 Å². The van der Waals surface area contributed by atoms with Gasteiger partial charge in [0.2, 0.25) is 11.8 Å². The third-order valence-electron chi connectivity index (χ3n) is 3.96. The smallest absolute Gasteiger partial charge is 0.277 e. The summed E-state index contributed by atoms with van der Waals surface area (Å²) in [4.78, 5) is 12.5. The Morgan fingerprint density at radius 2 is 2.04 bits per heavy atom. The normalized spacial score (nSPS) is 16.8. The van der Waals surface area contributed by atoms with Crippen LogP contribution < -0.4 is 5.32 Å². The molecule has 0 fully saturated rings. The highest BCUT2D eigenvalue weighted by atomic mass is 35.5. The molecule has 1 amide bonds. The van der Waals surface area contributed by atoms with Gasteiger partial charge in [0.05, 0.1) is 5.25 Å². The number of hydrogen-bond acceptors (Lipinski definition) is 5. The van der Waals surface area contributed by atoms with Crippen LogP contribution in [0.1, 0.15) is 12.0 Å². The number of benzene rings is 2. The number of nitrogens with one attached hydrogen (secondary N) is 1. The Morgan fingerprint density at radius 3 is 2.92 bits per heavy atom. The molecule has 2 heterocycles. The second-order valence-corrected chi connectivity index (χ2v) is 7.27. The van der Waals surface area contributed by atoms with Crippen LogP contribution in [0.4, 0.5) is 5.69 Å². The molecule has 0 saturated heterocycles. The van der Waals surface area contributed by atoms with Crippen molar-refractivity contribution >= 4 is 35.0 Å². The molecule has 25 heavy (non-hydrogen) atoms. The van der Waals surface area contributed by atoms with Gasteiger partial charge in [-0.15, -0.1) is 10.2 Å². The molecule has 0 saturated carbocycles. The minimum Gasteiger partial charge on any atom is -0.411 e. The van der Waals surface area contributed by atoms with Gasteiger partial charge in [-0.05, 0) is 42.7 Å². The summed E-state index contributed by atoms with van der Waals surface area (Å²) < 4.78 is 5.70. The van der Waals surface area contributed by atoms with Gasteiger partial charge in [0.25, 0.3) is 5.22 Å². The molecule has 4 rings (SSSR count). The fourth-order valence-electron chi connectivity index (χ4n) is 2.72. The zero-order valence-electron chi connectivity index (χ0n) is 13.1. The largest absolute Gasteiger partial charge is 0.411 e. The number of rotatable bonds is 3. The van der Waals surface area contributed by atoms with Crippen LogP contribution in [0.3, 0.4) is 0 Å². The van der Waals surface area contributed by atoms with Crippen molar-refractivity contribution in [2.24, 2.45) is 0 Å². The first-order valence-corrected chi connectivity index (χ1v) is 9.10. The van der Waals surface area contributed by atoms with Crippen LogP contribution in [0.15, 0.2) is 58.2 Å². The van der Waals surface area contributed by atoms with Gasteiger partial charge in [0.1, 0.15) is 0 Å². The van der Waals surface area contributed by atoms with Crippen LogP contribution in [0.2, 0.25) is 5.02 Å². The summed E-state index contributed by atoms with van der Waals surface area (Å²) in [5, 5.41) is 11.8. The molecule has 126 valence electrons. The van der Waals surface area contributed by atoms with E-state index in [0.29, 0.717) is 22.6 Å². The zero-order chi connectivity index (χ0) is 17.2. The Kier molecular flexibility index (Phi) is 4.46. The van der Waals surface area contributed by atoms with Crippen molar-refractivity contribution in [2.75, 3.05) is 5.32 Å². The van der Waals surface area contributed by atoms with Crippen LogP contribution >= 0.6 is 23.4 Å². The molecule has 0 spiro atoms. The Bertz CT molecular complexity index is 928. The third kappa shape index (κ3) is 3.55. The van der Waals surface area contributed by atoms with E-state index in [-0.39, 0.29) is 11.2 Å². The lowest BCUT2D eigenvalue weighted by Gasteiger charge is -2.09. The zero-order valence-corrected chi connectivity index (χ0v) is 14.7. The average molecular weight is 372 g/mol. The van der Waals surface area contributed by atoms with Crippen molar-refractivity contribution in [1.29, 1.82) is 0 Å². The van der Waals surface area contributed by atoms with Gasteiger partial charge in [-0.3, -0.25) is 4.79 Å². The highest BCUT2D eigenvalue weighted by Gasteiger charge is 2.26. The van der Waals surface area contributed by atoms with E-state index in [1.54, 1.807) is 12.1 Å². The summed E-state index contributed by atoms with van der Waals surface area (Å²) in [6, 6.07) is 15.1. The summed E-state index contributed by atoms with van der Waals surface area (Å²) in [6.07, 6.45) is 1.53. The molecule has 3 aromatic rings. The number of aryl methyl sites for hydroxylation is 1. The Hall–Kier alpha value is -2.31. The van der Waals surface area contributed by atoms with E-state index in [2.05, 4.69) is 15.5 Å². The Balaban J connectivity index is 1.50. The molecule has 1 atom stereocenters. The standard InChI is InChI=1S/C18H14ClN3O2S/c19-13-6-3-5-12(10-13)17-21-22-18(24-17)25-15-9-8-11-4-1-2-7-14(11)20-16(15)23/h1-7,10,15H,8-9H2,(H,20,23)/t15-/m1/s1. The van der Waals surface area contributed by atoms with E-state index >= 15 is 0 Å². The highest BCUT2D eigenvalue weighted by molar-refractivity contribution is 8.00. The molecule has 0 bridgehead atoms. The van der Waals surface area contributed by atoms with Crippen molar-refractivity contribution in [3.8, 4) is 11.5 Å².